The Morgan fingerprint density at radius 3 is 2.90 bits per heavy atom. The Bertz CT molecular complexity index is 1210. The fourth-order valence-electron chi connectivity index (χ4n) is 4.85. The fourth-order valence-corrected chi connectivity index (χ4v) is 6.27. The van der Waals surface area contributed by atoms with E-state index in [4.69, 9.17) is 9.32 Å². The lowest BCUT2D eigenvalue weighted by molar-refractivity contribution is 0.101. The van der Waals surface area contributed by atoms with Crippen LogP contribution in [0.1, 0.15) is 47.9 Å². The van der Waals surface area contributed by atoms with E-state index >= 15 is 0 Å². The molecule has 10 heteroatoms. The highest BCUT2D eigenvalue weighted by atomic mass is 32.2. The van der Waals surface area contributed by atoms with Gasteiger partial charge in [0.2, 0.25) is 0 Å². The summed E-state index contributed by atoms with van der Waals surface area (Å²) in [6, 6.07) is 8.72. The molecule has 4 N–H and O–H groups in total. The number of aliphatic hydroxyl groups excluding tert-OH is 1. The molecule has 2 heterocycles. The topological polar surface area (TPSA) is 127 Å². The average Bonchev–Trinajstić information content (AvgIpc) is 3.43. The molecule has 1 unspecified atom stereocenters. The maximum Gasteiger partial charge on any atom is 0.333 e. The summed E-state index contributed by atoms with van der Waals surface area (Å²) in [5.74, 6) is 0.621. The second kappa shape index (κ2) is 8.10. The molecule has 2 aliphatic carbocycles. The number of hydrogen-bond acceptors (Lipinski definition) is 8. The maximum absolute atomic E-state index is 11.1. The lowest BCUT2D eigenvalue weighted by Gasteiger charge is -2.15. The van der Waals surface area contributed by atoms with Gasteiger partial charge < -0.3 is 10.4 Å². The summed E-state index contributed by atoms with van der Waals surface area (Å²) >= 11 is 1.60. The summed E-state index contributed by atoms with van der Waals surface area (Å²) in [6.45, 7) is -0.110. The van der Waals surface area contributed by atoms with E-state index in [2.05, 4.69) is 44.9 Å². The molecular weight excluding hydrogens is 436 g/mol. The Morgan fingerprint density at radius 2 is 2.06 bits per heavy atom. The van der Waals surface area contributed by atoms with Crippen LogP contribution < -0.4 is 10.5 Å². The number of nitrogens with two attached hydrogens (primary N) is 1. The largest absolute Gasteiger partial charge is 0.393 e. The highest BCUT2D eigenvalue weighted by molar-refractivity contribution is 7.84. The molecular formula is C21H24N4O4S2. The van der Waals surface area contributed by atoms with Crippen molar-refractivity contribution >= 4 is 37.7 Å². The monoisotopic (exact) mass is 460 g/mol. The standard InChI is InChI=1S/C21H24N4O4S2/c22-31(27,28)29-9-14-7-13(8-18(14)26)16-10-30-20-19(16)23-11-24-21(20)25-17-6-5-12-3-1-2-4-15(12)17/h1-4,10-11,13-14,17-18,26H,5-9H2,(H2,22,27,28)(H,23,24,25)/t13-,14-,17?,18+/m1/s1. The number of fused-ring (bicyclic) bond motifs is 2. The molecule has 0 saturated heterocycles. The zero-order valence-electron chi connectivity index (χ0n) is 16.8. The number of aryl methyl sites for hydroxylation is 1. The van der Waals surface area contributed by atoms with Gasteiger partial charge in [-0.2, -0.15) is 8.42 Å². The first-order chi connectivity index (χ1) is 14.9. The van der Waals surface area contributed by atoms with Crippen LogP contribution in [-0.4, -0.2) is 36.2 Å². The molecule has 1 aromatic carbocycles. The van der Waals surface area contributed by atoms with Crippen LogP contribution in [0.2, 0.25) is 0 Å². The minimum Gasteiger partial charge on any atom is -0.393 e. The van der Waals surface area contributed by atoms with Crippen molar-refractivity contribution < 1.29 is 17.7 Å². The average molecular weight is 461 g/mol. The van der Waals surface area contributed by atoms with Gasteiger partial charge in [0.15, 0.2) is 0 Å². The predicted molar refractivity (Wildman–Crippen MR) is 119 cm³/mol. The van der Waals surface area contributed by atoms with Gasteiger partial charge in [-0.25, -0.2) is 15.1 Å². The summed E-state index contributed by atoms with van der Waals surface area (Å²) in [5, 5.41) is 21.0. The fraction of sp³-hybridized carbons (Fsp3) is 0.429. The molecule has 2 aromatic heterocycles. The highest BCUT2D eigenvalue weighted by Gasteiger charge is 2.36. The Labute approximate surface area is 184 Å². The van der Waals surface area contributed by atoms with Crippen molar-refractivity contribution in [3.8, 4) is 0 Å². The number of benzene rings is 1. The molecule has 1 saturated carbocycles. The summed E-state index contributed by atoms with van der Waals surface area (Å²) < 4.78 is 27.9. The summed E-state index contributed by atoms with van der Waals surface area (Å²) in [7, 11) is -4.02. The van der Waals surface area contributed by atoms with Crippen molar-refractivity contribution in [3.63, 3.8) is 0 Å². The molecule has 0 spiro atoms. The first-order valence-corrected chi connectivity index (χ1v) is 12.7. The number of anilines is 1. The lowest BCUT2D eigenvalue weighted by atomic mass is 9.98. The van der Waals surface area contributed by atoms with Crippen LogP contribution in [0.3, 0.4) is 0 Å². The Hall–Kier alpha value is -2.11. The smallest absolute Gasteiger partial charge is 0.333 e. The molecule has 0 aliphatic heterocycles. The third-order valence-corrected chi connectivity index (χ3v) is 7.83. The number of rotatable bonds is 6. The van der Waals surface area contributed by atoms with E-state index in [1.807, 2.05) is 0 Å². The molecule has 8 nitrogen and oxygen atoms in total. The normalized spacial score (nSPS) is 25.7. The van der Waals surface area contributed by atoms with Crippen molar-refractivity contribution in [2.75, 3.05) is 11.9 Å². The summed E-state index contributed by atoms with van der Waals surface area (Å²) in [6.07, 6.45) is 4.17. The van der Waals surface area contributed by atoms with Gasteiger partial charge in [0, 0.05) is 5.92 Å². The van der Waals surface area contributed by atoms with Gasteiger partial charge in [0.25, 0.3) is 0 Å². The van der Waals surface area contributed by atoms with E-state index in [9.17, 15) is 13.5 Å². The number of hydrogen-bond donors (Lipinski definition) is 3. The van der Waals surface area contributed by atoms with E-state index < -0.39 is 16.4 Å². The van der Waals surface area contributed by atoms with Gasteiger partial charge in [-0.1, -0.05) is 24.3 Å². The number of nitrogens with one attached hydrogen (secondary N) is 1. The summed E-state index contributed by atoms with van der Waals surface area (Å²) in [5.41, 5.74) is 4.65. The molecule has 0 bridgehead atoms. The highest BCUT2D eigenvalue weighted by Crippen LogP contribution is 2.44. The zero-order chi connectivity index (χ0) is 21.6. The van der Waals surface area contributed by atoms with Gasteiger partial charge in [-0.05, 0) is 53.7 Å². The minimum atomic E-state index is -4.02. The van der Waals surface area contributed by atoms with Crippen LogP contribution in [0.5, 0.6) is 0 Å². The van der Waals surface area contributed by atoms with Gasteiger partial charge in [-0.15, -0.1) is 11.3 Å². The van der Waals surface area contributed by atoms with Gasteiger partial charge in [0.1, 0.15) is 12.1 Å². The molecule has 3 aromatic rings. The Morgan fingerprint density at radius 1 is 1.23 bits per heavy atom. The van der Waals surface area contributed by atoms with Gasteiger partial charge in [0.05, 0.1) is 29.0 Å². The SMILES string of the molecule is NS(=O)(=O)OC[C@H]1C[C@@H](c2csc3c(NC4CCc5ccccc54)ncnc23)C[C@@H]1O. The Kier molecular flexibility index (Phi) is 5.43. The van der Waals surface area contributed by atoms with Crippen LogP contribution >= 0.6 is 11.3 Å². The third-order valence-electron chi connectivity index (χ3n) is 6.37. The molecule has 164 valence electrons. The van der Waals surface area contributed by atoms with Gasteiger partial charge in [-0.3, -0.25) is 4.18 Å². The van der Waals surface area contributed by atoms with E-state index in [0.29, 0.717) is 12.8 Å². The summed E-state index contributed by atoms with van der Waals surface area (Å²) in [4.78, 5) is 9.04. The molecule has 5 rings (SSSR count). The number of nitrogens with zero attached hydrogens (tertiary/aromatic N) is 2. The second-order valence-corrected chi connectivity index (χ2v) is 10.4. The van der Waals surface area contributed by atoms with E-state index in [-0.39, 0.29) is 24.5 Å². The second-order valence-electron chi connectivity index (χ2n) is 8.30. The van der Waals surface area contributed by atoms with Gasteiger partial charge >= 0.3 is 10.3 Å². The van der Waals surface area contributed by atoms with Crippen molar-refractivity contribution in [2.45, 2.75) is 43.7 Å². The first kappa shape index (κ1) is 20.8. The third kappa shape index (κ3) is 4.18. The maximum atomic E-state index is 11.1. The first-order valence-electron chi connectivity index (χ1n) is 10.3. The zero-order valence-corrected chi connectivity index (χ0v) is 18.4. The Balaban J connectivity index is 1.37. The number of aromatic nitrogens is 2. The van der Waals surface area contributed by atoms with Crippen molar-refractivity contribution in [3.05, 3.63) is 52.7 Å². The predicted octanol–water partition coefficient (Wildman–Crippen LogP) is 2.87. The van der Waals surface area contributed by atoms with Crippen LogP contribution in [0.4, 0.5) is 5.82 Å². The molecule has 0 amide bonds. The molecule has 2 aliphatic rings. The van der Waals surface area contributed by atoms with Crippen molar-refractivity contribution in [1.82, 2.24) is 9.97 Å². The number of aliphatic hydroxyl groups is 1. The van der Waals surface area contributed by atoms with Crippen molar-refractivity contribution in [1.29, 1.82) is 0 Å². The molecule has 0 radical (unpaired) electrons. The van der Waals surface area contributed by atoms with Crippen LogP contribution in [0, 0.1) is 5.92 Å². The van der Waals surface area contributed by atoms with Crippen LogP contribution in [0.15, 0.2) is 36.0 Å². The van der Waals surface area contributed by atoms with E-state index in [0.717, 1.165) is 34.4 Å². The van der Waals surface area contributed by atoms with Crippen LogP contribution in [-0.2, 0) is 20.9 Å². The molecule has 31 heavy (non-hydrogen) atoms. The molecule has 4 atom stereocenters. The minimum absolute atomic E-state index is 0.0767. The van der Waals surface area contributed by atoms with E-state index in [1.54, 1.807) is 17.7 Å². The lowest BCUT2D eigenvalue weighted by Crippen LogP contribution is -2.24. The van der Waals surface area contributed by atoms with E-state index in [1.165, 1.54) is 11.1 Å². The quantitative estimate of drug-likeness (QED) is 0.516. The number of thiophene rings is 1. The van der Waals surface area contributed by atoms with Crippen LogP contribution in [0.25, 0.3) is 10.2 Å². The molecule has 1 fully saturated rings. The van der Waals surface area contributed by atoms with Crippen molar-refractivity contribution in [2.24, 2.45) is 11.1 Å².